The van der Waals surface area contributed by atoms with E-state index < -0.39 is 18.1 Å². The second-order valence-corrected chi connectivity index (χ2v) is 7.68. The number of amides is 1. The predicted molar refractivity (Wildman–Crippen MR) is 123 cm³/mol. The molecule has 0 saturated carbocycles. The number of alkyl carbamates (subject to hydrolysis) is 1. The summed E-state index contributed by atoms with van der Waals surface area (Å²) in [5.74, 6) is -0.666. The van der Waals surface area contributed by atoms with Gasteiger partial charge in [0.15, 0.2) is 0 Å². The third-order valence-electron chi connectivity index (χ3n) is 5.11. The van der Waals surface area contributed by atoms with Crippen molar-refractivity contribution in [2.24, 2.45) is 5.22 Å². The minimum absolute atomic E-state index is 0.0122. The topological polar surface area (TPSA) is 168 Å². The fourth-order valence-corrected chi connectivity index (χ4v) is 3.19. The summed E-state index contributed by atoms with van der Waals surface area (Å²) in [6.45, 7) is 1.00. The molecule has 0 radical (unpaired) electrons. The molecule has 1 aromatic carbocycles. The fourth-order valence-electron chi connectivity index (χ4n) is 3.19. The van der Waals surface area contributed by atoms with Crippen LogP contribution in [0.5, 0.6) is 0 Å². The van der Waals surface area contributed by atoms with Gasteiger partial charge in [-0.3, -0.25) is 15.1 Å². The number of rotatable bonds is 11. The Labute approximate surface area is 199 Å². The average molecular weight is 479 g/mol. The number of hydrogen-bond donors (Lipinski definition) is 4. The van der Waals surface area contributed by atoms with Gasteiger partial charge in [0.2, 0.25) is 0 Å². The summed E-state index contributed by atoms with van der Waals surface area (Å²) in [4.78, 5) is 35.2. The Bertz CT molecular complexity index is 793. The number of likely N-dealkylation sites (N-methyl/N-ethyl adjacent to an activating group) is 1. The van der Waals surface area contributed by atoms with Crippen LogP contribution in [0.2, 0.25) is 0 Å². The minimum atomic E-state index is -0.788. The van der Waals surface area contributed by atoms with E-state index in [0.717, 1.165) is 36.4 Å². The van der Waals surface area contributed by atoms with E-state index in [1.807, 2.05) is 42.3 Å². The van der Waals surface area contributed by atoms with Crippen LogP contribution in [-0.2, 0) is 25.7 Å². The Balaban J connectivity index is 0.000000479. The number of nitrogens with zero attached hydrogens (tertiary/aromatic N) is 3. The first-order valence-electron chi connectivity index (χ1n) is 10.9. The van der Waals surface area contributed by atoms with Gasteiger partial charge in [0.05, 0.1) is 6.04 Å². The van der Waals surface area contributed by atoms with E-state index in [4.69, 9.17) is 25.5 Å². The minimum Gasteiger partial charge on any atom is -0.480 e. The molecule has 1 aliphatic rings. The molecule has 1 amide bonds. The highest BCUT2D eigenvalue weighted by atomic mass is 16.5. The molecule has 0 aromatic heterocycles. The van der Waals surface area contributed by atoms with Crippen molar-refractivity contribution >= 4 is 24.2 Å². The quantitative estimate of drug-likeness (QED) is 0.0939. The number of carbonyl (C=O) groups excluding carboxylic acids is 2. The lowest BCUT2D eigenvalue weighted by Crippen LogP contribution is -2.41. The highest BCUT2D eigenvalue weighted by Gasteiger charge is 2.24. The van der Waals surface area contributed by atoms with E-state index in [1.54, 1.807) is 0 Å². The van der Waals surface area contributed by atoms with Gasteiger partial charge < -0.3 is 24.7 Å². The molecule has 0 aliphatic carbocycles. The summed E-state index contributed by atoms with van der Waals surface area (Å²) < 4.78 is 9.83. The number of methoxy groups -OCH3 is 1. The number of nitrogens with one attached hydrogen (secondary N) is 3. The molecular weight excluding hydrogens is 444 g/mol. The highest BCUT2D eigenvalue weighted by Crippen LogP contribution is 2.14. The van der Waals surface area contributed by atoms with Crippen molar-refractivity contribution in [2.75, 3.05) is 27.4 Å². The Morgan fingerprint density at radius 3 is 2.59 bits per heavy atom. The van der Waals surface area contributed by atoms with Gasteiger partial charge in [0.1, 0.15) is 31.5 Å². The first-order valence-corrected chi connectivity index (χ1v) is 10.9. The Kier molecular flexibility index (Phi) is 13.7. The van der Waals surface area contributed by atoms with E-state index in [1.165, 1.54) is 7.11 Å². The van der Waals surface area contributed by atoms with Gasteiger partial charge in [-0.1, -0.05) is 42.0 Å². The number of carboxylic acid groups (broad SMARTS) is 1. The van der Waals surface area contributed by atoms with E-state index >= 15 is 0 Å². The number of carboxylic acids is 1. The van der Waals surface area contributed by atoms with Crippen LogP contribution in [0.4, 0.5) is 4.79 Å². The molecule has 1 aromatic rings. The SMILES string of the molecule is CN1CCCCC1C(=O)O.COCN(N=N)C(=N)CCC(C=O)NC(=O)OCc1ccccc1. The normalized spacial score (nSPS) is 16.2. The number of aliphatic carboxylic acids is 1. The number of piperidine rings is 1. The molecule has 2 rings (SSSR count). The molecule has 1 fully saturated rings. The van der Waals surface area contributed by atoms with Gasteiger partial charge in [-0.15, -0.1) is 0 Å². The van der Waals surface area contributed by atoms with Crippen molar-refractivity contribution in [3.8, 4) is 0 Å². The van der Waals surface area contributed by atoms with E-state index in [9.17, 15) is 14.4 Å². The largest absolute Gasteiger partial charge is 0.480 e. The van der Waals surface area contributed by atoms with Crippen molar-refractivity contribution in [3.63, 3.8) is 0 Å². The van der Waals surface area contributed by atoms with Crippen molar-refractivity contribution in [1.29, 1.82) is 10.9 Å². The lowest BCUT2D eigenvalue weighted by Gasteiger charge is -2.28. The standard InChI is InChI=1S/C15H21N5O4.C7H13NO2/c1-23-11-20(19-17)14(16)8-7-13(9-21)18-15(22)24-10-12-5-3-2-4-6-12;1-8-5-3-2-4-6(8)7(9)10/h2-6,9,13,16-17H,7-8,10-11H2,1H3,(H,18,22);6H,2-5H2,1H3,(H,9,10). The third kappa shape index (κ3) is 11.0. The molecule has 12 nitrogen and oxygen atoms in total. The van der Waals surface area contributed by atoms with E-state index in [-0.39, 0.29) is 38.1 Å². The number of aldehydes is 1. The van der Waals surface area contributed by atoms with Crippen LogP contribution < -0.4 is 5.32 Å². The molecule has 12 heteroatoms. The van der Waals surface area contributed by atoms with Crippen LogP contribution >= 0.6 is 0 Å². The molecule has 1 heterocycles. The molecule has 188 valence electrons. The summed E-state index contributed by atoms with van der Waals surface area (Å²) in [5, 5.41) is 23.0. The van der Waals surface area contributed by atoms with Gasteiger partial charge in [-0.05, 0) is 38.4 Å². The Morgan fingerprint density at radius 2 is 2.06 bits per heavy atom. The van der Waals surface area contributed by atoms with Crippen LogP contribution in [0.15, 0.2) is 35.6 Å². The molecule has 1 aliphatic heterocycles. The zero-order chi connectivity index (χ0) is 25.3. The summed E-state index contributed by atoms with van der Waals surface area (Å²) in [6, 6.07) is 8.15. The predicted octanol–water partition coefficient (Wildman–Crippen LogP) is 2.64. The first-order chi connectivity index (χ1) is 16.3. The molecule has 2 atom stereocenters. The third-order valence-corrected chi connectivity index (χ3v) is 5.11. The number of benzene rings is 1. The van der Waals surface area contributed by atoms with Crippen molar-refractivity contribution in [1.82, 2.24) is 15.2 Å². The summed E-state index contributed by atoms with van der Waals surface area (Å²) >= 11 is 0. The lowest BCUT2D eigenvalue weighted by molar-refractivity contribution is -0.143. The molecule has 1 saturated heterocycles. The molecule has 2 unspecified atom stereocenters. The average Bonchev–Trinajstić information content (AvgIpc) is 2.84. The maximum absolute atomic E-state index is 11.7. The molecule has 0 spiro atoms. The second-order valence-electron chi connectivity index (χ2n) is 7.68. The van der Waals surface area contributed by atoms with Gasteiger partial charge in [-0.2, -0.15) is 5.53 Å². The molecular formula is C22H34N6O6. The van der Waals surface area contributed by atoms with Gasteiger partial charge in [-0.25, -0.2) is 9.80 Å². The zero-order valence-corrected chi connectivity index (χ0v) is 19.6. The number of amidine groups is 1. The monoisotopic (exact) mass is 478 g/mol. The first kappa shape index (κ1) is 28.7. The van der Waals surface area contributed by atoms with E-state index in [2.05, 4.69) is 10.5 Å². The molecule has 4 N–H and O–H groups in total. The summed E-state index contributed by atoms with van der Waals surface area (Å²) in [5.41, 5.74) is 7.78. The number of carbonyl (C=O) groups is 3. The van der Waals surface area contributed by atoms with Crippen LogP contribution in [0.1, 0.15) is 37.7 Å². The summed E-state index contributed by atoms with van der Waals surface area (Å²) in [6.07, 6.45) is 3.22. The van der Waals surface area contributed by atoms with Crippen LogP contribution in [0.25, 0.3) is 0 Å². The molecule has 34 heavy (non-hydrogen) atoms. The van der Waals surface area contributed by atoms with Crippen molar-refractivity contribution in [3.05, 3.63) is 35.9 Å². The maximum atomic E-state index is 11.7. The van der Waals surface area contributed by atoms with Crippen LogP contribution in [0, 0.1) is 10.9 Å². The Hall–Kier alpha value is -3.38. The van der Waals surface area contributed by atoms with E-state index in [0.29, 0.717) is 6.29 Å². The summed E-state index contributed by atoms with van der Waals surface area (Å²) in [7, 11) is 3.29. The van der Waals surface area contributed by atoms with Gasteiger partial charge in [0, 0.05) is 13.5 Å². The van der Waals surface area contributed by atoms with Crippen LogP contribution in [0.3, 0.4) is 0 Å². The molecule has 0 bridgehead atoms. The van der Waals surface area contributed by atoms with Crippen molar-refractivity contribution < 1.29 is 29.0 Å². The number of likely N-dealkylation sites (tertiary alicyclic amines) is 1. The zero-order valence-electron chi connectivity index (χ0n) is 19.6. The fraction of sp³-hybridized carbons (Fsp3) is 0.545. The number of hydrogen-bond acceptors (Lipinski definition) is 9. The highest BCUT2D eigenvalue weighted by molar-refractivity contribution is 5.79. The second kappa shape index (κ2) is 16.3. The lowest BCUT2D eigenvalue weighted by atomic mass is 10.0. The van der Waals surface area contributed by atoms with Gasteiger partial charge in [0.25, 0.3) is 0 Å². The smallest absolute Gasteiger partial charge is 0.408 e. The van der Waals surface area contributed by atoms with Crippen molar-refractivity contribution in [2.45, 2.75) is 50.8 Å². The Morgan fingerprint density at radius 1 is 1.35 bits per heavy atom. The number of ether oxygens (including phenoxy) is 2. The maximum Gasteiger partial charge on any atom is 0.408 e. The van der Waals surface area contributed by atoms with Crippen LogP contribution in [-0.4, -0.2) is 78.7 Å². The van der Waals surface area contributed by atoms with Gasteiger partial charge >= 0.3 is 12.1 Å².